The third-order valence-electron chi connectivity index (χ3n) is 2.92. The fourth-order valence-corrected chi connectivity index (χ4v) is 1.51. The van der Waals surface area contributed by atoms with Crippen LogP contribution in [0.3, 0.4) is 0 Å². The third kappa shape index (κ3) is 2.83. The highest BCUT2D eigenvalue weighted by Gasteiger charge is 2.26. The fraction of sp³-hybridized carbons (Fsp3) is 0.462. The molecule has 0 radical (unpaired) electrons. The lowest BCUT2D eigenvalue weighted by Crippen LogP contribution is -2.35. The van der Waals surface area contributed by atoms with Gasteiger partial charge in [0.05, 0.1) is 5.41 Å². The van der Waals surface area contributed by atoms with Crippen LogP contribution in [0.25, 0.3) is 0 Å². The number of nitrogens with two attached hydrogens (primary N) is 1. The van der Waals surface area contributed by atoms with Gasteiger partial charge in [0.2, 0.25) is 5.91 Å². The molecule has 1 amide bonds. The topological polar surface area (TPSA) is 63.3 Å². The van der Waals surface area contributed by atoms with Crippen molar-refractivity contribution >= 4 is 5.91 Å². The molecule has 0 unspecified atom stereocenters. The first-order valence-electron chi connectivity index (χ1n) is 5.48. The molecule has 0 aliphatic heterocycles. The molecule has 0 fully saturated rings. The van der Waals surface area contributed by atoms with Crippen molar-refractivity contribution in [1.29, 1.82) is 0 Å². The van der Waals surface area contributed by atoms with E-state index in [0.29, 0.717) is 0 Å². The largest absolute Gasteiger partial charge is 0.396 e. The van der Waals surface area contributed by atoms with Gasteiger partial charge in [0.25, 0.3) is 0 Å². The first-order chi connectivity index (χ1) is 7.48. The van der Waals surface area contributed by atoms with E-state index in [2.05, 4.69) is 0 Å². The summed E-state index contributed by atoms with van der Waals surface area (Å²) in [4.78, 5) is 11.3. The van der Waals surface area contributed by atoms with Crippen molar-refractivity contribution in [3.63, 3.8) is 0 Å². The monoisotopic (exact) mass is 221 g/mol. The molecule has 0 bridgehead atoms. The Labute approximate surface area is 96.3 Å². The van der Waals surface area contributed by atoms with Gasteiger partial charge in [-0.2, -0.15) is 0 Å². The van der Waals surface area contributed by atoms with Crippen molar-refractivity contribution in [2.24, 2.45) is 5.73 Å². The van der Waals surface area contributed by atoms with E-state index in [1.165, 1.54) is 0 Å². The van der Waals surface area contributed by atoms with Gasteiger partial charge < -0.3 is 10.8 Å². The van der Waals surface area contributed by atoms with Crippen LogP contribution in [0.1, 0.15) is 31.4 Å². The van der Waals surface area contributed by atoms with Gasteiger partial charge >= 0.3 is 0 Å². The van der Waals surface area contributed by atoms with E-state index in [1.54, 1.807) is 0 Å². The molecule has 0 saturated carbocycles. The summed E-state index contributed by atoms with van der Waals surface area (Å²) in [5, 5.41) is 8.72. The first kappa shape index (κ1) is 12.7. The molecule has 0 heterocycles. The second kappa shape index (κ2) is 5.12. The summed E-state index contributed by atoms with van der Waals surface area (Å²) in [6, 6.07) is 7.82. The molecule has 1 rings (SSSR count). The zero-order valence-corrected chi connectivity index (χ0v) is 9.86. The molecule has 0 saturated heterocycles. The maximum atomic E-state index is 11.3. The number of hydrogen-bond acceptors (Lipinski definition) is 2. The quantitative estimate of drug-likeness (QED) is 0.789. The maximum absolute atomic E-state index is 11.3. The molecule has 16 heavy (non-hydrogen) atoms. The van der Waals surface area contributed by atoms with Gasteiger partial charge in [-0.15, -0.1) is 0 Å². The Kier molecular flexibility index (Phi) is 4.07. The fourth-order valence-electron chi connectivity index (χ4n) is 1.51. The van der Waals surface area contributed by atoms with Crippen molar-refractivity contribution < 1.29 is 9.90 Å². The number of aryl methyl sites for hydroxylation is 1. The molecule has 0 spiro atoms. The Morgan fingerprint density at radius 1 is 1.31 bits per heavy atom. The van der Waals surface area contributed by atoms with E-state index in [9.17, 15) is 4.79 Å². The smallest absolute Gasteiger partial charge is 0.227 e. The predicted molar refractivity (Wildman–Crippen MR) is 64.1 cm³/mol. The lowest BCUT2D eigenvalue weighted by atomic mass is 9.83. The summed E-state index contributed by atoms with van der Waals surface area (Å²) in [6.07, 6.45) is 1.62. The summed E-state index contributed by atoms with van der Waals surface area (Å²) in [5.74, 6) is -0.324. The molecule has 1 aromatic carbocycles. The second-order valence-electron chi connectivity index (χ2n) is 4.51. The molecular formula is C13H19NO2. The van der Waals surface area contributed by atoms with Crippen LogP contribution in [0.2, 0.25) is 0 Å². The van der Waals surface area contributed by atoms with Crippen molar-refractivity contribution in [1.82, 2.24) is 0 Å². The second-order valence-corrected chi connectivity index (χ2v) is 4.51. The molecule has 88 valence electrons. The summed E-state index contributed by atoms with van der Waals surface area (Å²) >= 11 is 0. The van der Waals surface area contributed by atoms with Crippen molar-refractivity contribution in [3.05, 3.63) is 35.4 Å². The van der Waals surface area contributed by atoms with Crippen molar-refractivity contribution in [2.45, 2.75) is 32.1 Å². The average molecular weight is 221 g/mol. The van der Waals surface area contributed by atoms with Gasteiger partial charge in [-0.3, -0.25) is 4.79 Å². The van der Waals surface area contributed by atoms with Gasteiger partial charge in [0, 0.05) is 6.61 Å². The van der Waals surface area contributed by atoms with Crippen molar-refractivity contribution in [2.75, 3.05) is 6.61 Å². The average Bonchev–Trinajstić information content (AvgIpc) is 2.26. The van der Waals surface area contributed by atoms with Crippen molar-refractivity contribution in [3.8, 4) is 0 Å². The minimum Gasteiger partial charge on any atom is -0.396 e. The molecule has 1 aromatic rings. The van der Waals surface area contributed by atoms with Crippen LogP contribution in [0.4, 0.5) is 0 Å². The minimum atomic E-state index is -0.629. The van der Waals surface area contributed by atoms with E-state index in [4.69, 9.17) is 10.8 Å². The highest BCUT2D eigenvalue weighted by molar-refractivity contribution is 5.85. The van der Waals surface area contributed by atoms with E-state index in [0.717, 1.165) is 24.0 Å². The van der Waals surface area contributed by atoms with Crippen LogP contribution in [-0.4, -0.2) is 17.6 Å². The number of primary amides is 1. The van der Waals surface area contributed by atoms with Crippen LogP contribution in [0.15, 0.2) is 24.3 Å². The normalized spacial score (nSPS) is 11.4. The number of carbonyl (C=O) groups excluding carboxylic acids is 1. The van der Waals surface area contributed by atoms with Crippen LogP contribution < -0.4 is 5.73 Å². The Morgan fingerprint density at radius 2 is 1.88 bits per heavy atom. The predicted octanol–water partition coefficient (Wildman–Crippen LogP) is 1.37. The number of carbonyl (C=O) groups is 1. The Balaban J connectivity index is 2.82. The molecule has 0 atom stereocenters. The molecule has 3 nitrogen and oxygen atoms in total. The zero-order valence-electron chi connectivity index (χ0n) is 9.86. The van der Waals surface area contributed by atoms with Gasteiger partial charge in [0.15, 0.2) is 0 Å². The summed E-state index contributed by atoms with van der Waals surface area (Å²) in [5.41, 5.74) is 6.81. The molecule has 3 N–H and O–H groups in total. The summed E-state index contributed by atoms with van der Waals surface area (Å²) < 4.78 is 0. The number of aliphatic hydroxyl groups excluding tert-OH is 1. The van der Waals surface area contributed by atoms with E-state index in [-0.39, 0.29) is 12.5 Å². The number of rotatable bonds is 5. The van der Waals surface area contributed by atoms with Gasteiger partial charge in [-0.1, -0.05) is 24.3 Å². The Morgan fingerprint density at radius 3 is 2.31 bits per heavy atom. The molecule has 0 aromatic heterocycles. The van der Waals surface area contributed by atoms with Crippen LogP contribution in [0.5, 0.6) is 0 Å². The van der Waals surface area contributed by atoms with Crippen LogP contribution in [-0.2, 0) is 16.6 Å². The van der Waals surface area contributed by atoms with Gasteiger partial charge in [-0.25, -0.2) is 0 Å². The molecule has 3 heteroatoms. The first-order valence-corrected chi connectivity index (χ1v) is 5.48. The minimum absolute atomic E-state index is 0.203. The van der Waals surface area contributed by atoms with Crippen LogP contribution >= 0.6 is 0 Å². The number of hydrogen-bond donors (Lipinski definition) is 2. The summed E-state index contributed by atoms with van der Waals surface area (Å²) in [7, 11) is 0. The summed E-state index contributed by atoms with van der Waals surface area (Å²) in [6.45, 7) is 3.84. The van der Waals surface area contributed by atoms with E-state index < -0.39 is 5.41 Å². The van der Waals surface area contributed by atoms with E-state index in [1.807, 2.05) is 38.1 Å². The lowest BCUT2D eigenvalue weighted by Gasteiger charge is -2.21. The highest BCUT2D eigenvalue weighted by atomic mass is 16.2. The van der Waals surface area contributed by atoms with Gasteiger partial charge in [0.1, 0.15) is 0 Å². The number of aliphatic hydroxyl groups is 1. The standard InChI is InChI=1S/C13H19NO2/c1-13(2,12(14)16)11-7-5-10(6-8-11)4-3-9-15/h5-8,15H,3-4,9H2,1-2H3,(H2,14,16). The third-order valence-corrected chi connectivity index (χ3v) is 2.92. The lowest BCUT2D eigenvalue weighted by molar-refractivity contribution is -0.122. The molecule has 0 aliphatic rings. The Hall–Kier alpha value is -1.35. The van der Waals surface area contributed by atoms with E-state index >= 15 is 0 Å². The van der Waals surface area contributed by atoms with Gasteiger partial charge in [-0.05, 0) is 37.8 Å². The Bertz CT molecular complexity index is 355. The van der Waals surface area contributed by atoms with Crippen LogP contribution in [0, 0.1) is 0 Å². The zero-order chi connectivity index (χ0) is 12.2. The number of amides is 1. The SMILES string of the molecule is CC(C)(C(N)=O)c1ccc(CCCO)cc1. The number of benzene rings is 1. The molecular weight excluding hydrogens is 202 g/mol. The maximum Gasteiger partial charge on any atom is 0.227 e. The highest BCUT2D eigenvalue weighted by Crippen LogP contribution is 2.23. The molecule has 0 aliphatic carbocycles.